The molecule has 0 fully saturated rings. The second-order valence-corrected chi connectivity index (χ2v) is 7.45. The SMILES string of the molecule is C=CCN(C(=O)COC(=O)/C=C/c1cccs1)c1nc(-c2ccccc2)cs1. The predicted octanol–water partition coefficient (Wildman–Crippen LogP) is 4.65. The molecule has 3 aromatic rings. The maximum Gasteiger partial charge on any atom is 0.331 e. The normalized spacial score (nSPS) is 10.7. The van der Waals surface area contributed by atoms with E-state index in [1.54, 1.807) is 12.2 Å². The molecule has 0 bridgehead atoms. The molecule has 0 N–H and O–H groups in total. The Hall–Kier alpha value is -3.03. The summed E-state index contributed by atoms with van der Waals surface area (Å²) < 4.78 is 5.07. The number of carbonyl (C=O) groups is 2. The van der Waals surface area contributed by atoms with E-state index in [-0.39, 0.29) is 19.1 Å². The molecule has 0 saturated carbocycles. The minimum absolute atomic E-state index is 0.281. The molecule has 0 unspecified atom stereocenters. The quantitative estimate of drug-likeness (QED) is 0.308. The summed E-state index contributed by atoms with van der Waals surface area (Å²) in [6.45, 7) is 3.61. The number of rotatable bonds is 8. The lowest BCUT2D eigenvalue weighted by Gasteiger charge is -2.17. The molecular weight excluding hydrogens is 392 g/mol. The molecule has 0 atom stereocenters. The molecule has 2 aromatic heterocycles. The maximum atomic E-state index is 12.6. The van der Waals surface area contributed by atoms with Gasteiger partial charge in [0.15, 0.2) is 11.7 Å². The van der Waals surface area contributed by atoms with Crippen molar-refractivity contribution >= 4 is 45.8 Å². The van der Waals surface area contributed by atoms with Crippen molar-refractivity contribution in [1.82, 2.24) is 4.98 Å². The fraction of sp³-hybridized carbons (Fsp3) is 0.0952. The van der Waals surface area contributed by atoms with Gasteiger partial charge in [0.05, 0.1) is 5.69 Å². The number of amides is 1. The van der Waals surface area contributed by atoms with Crippen molar-refractivity contribution in [2.75, 3.05) is 18.1 Å². The van der Waals surface area contributed by atoms with Crippen LogP contribution in [0.3, 0.4) is 0 Å². The van der Waals surface area contributed by atoms with Crippen molar-refractivity contribution in [2.24, 2.45) is 0 Å². The Morgan fingerprint density at radius 1 is 1.14 bits per heavy atom. The van der Waals surface area contributed by atoms with Gasteiger partial charge in [-0.25, -0.2) is 9.78 Å². The smallest absolute Gasteiger partial charge is 0.331 e. The first-order valence-corrected chi connectivity index (χ1v) is 10.2. The van der Waals surface area contributed by atoms with E-state index in [9.17, 15) is 9.59 Å². The summed E-state index contributed by atoms with van der Waals surface area (Å²) in [5.41, 5.74) is 1.76. The van der Waals surface area contributed by atoms with Crippen LogP contribution in [0, 0.1) is 0 Å². The van der Waals surface area contributed by atoms with E-state index in [0.717, 1.165) is 16.1 Å². The number of esters is 1. The summed E-state index contributed by atoms with van der Waals surface area (Å²) >= 11 is 2.87. The van der Waals surface area contributed by atoms with Gasteiger partial charge in [0.1, 0.15) is 0 Å². The van der Waals surface area contributed by atoms with Crippen molar-refractivity contribution < 1.29 is 14.3 Å². The van der Waals surface area contributed by atoms with Gasteiger partial charge < -0.3 is 4.74 Å². The minimum Gasteiger partial charge on any atom is -0.452 e. The van der Waals surface area contributed by atoms with Crippen LogP contribution in [-0.4, -0.2) is 30.0 Å². The van der Waals surface area contributed by atoms with Gasteiger partial charge in [-0.1, -0.05) is 42.5 Å². The van der Waals surface area contributed by atoms with Gasteiger partial charge in [0.2, 0.25) is 0 Å². The molecule has 0 aliphatic rings. The molecule has 0 radical (unpaired) electrons. The van der Waals surface area contributed by atoms with E-state index in [4.69, 9.17) is 4.74 Å². The van der Waals surface area contributed by atoms with Crippen LogP contribution in [0.2, 0.25) is 0 Å². The number of thiazole rings is 1. The number of nitrogens with zero attached hydrogens (tertiary/aromatic N) is 2. The first-order chi connectivity index (χ1) is 13.7. The molecule has 0 spiro atoms. The average Bonchev–Trinajstić information content (AvgIpc) is 3.41. The van der Waals surface area contributed by atoms with E-state index >= 15 is 0 Å². The van der Waals surface area contributed by atoms with Gasteiger partial charge in [0.25, 0.3) is 5.91 Å². The van der Waals surface area contributed by atoms with E-state index in [1.807, 2.05) is 53.2 Å². The lowest BCUT2D eigenvalue weighted by Crippen LogP contribution is -2.34. The Kier molecular flexibility index (Phi) is 6.89. The average molecular weight is 411 g/mol. The van der Waals surface area contributed by atoms with Gasteiger partial charge in [0, 0.05) is 28.4 Å². The maximum absolute atomic E-state index is 12.6. The number of anilines is 1. The lowest BCUT2D eigenvalue weighted by molar-refractivity contribution is -0.142. The van der Waals surface area contributed by atoms with Crippen LogP contribution < -0.4 is 4.90 Å². The summed E-state index contributed by atoms with van der Waals surface area (Å²) in [5.74, 6) is -0.920. The molecule has 0 aliphatic carbocycles. The zero-order chi connectivity index (χ0) is 19.8. The van der Waals surface area contributed by atoms with Gasteiger partial charge in [-0.15, -0.1) is 29.3 Å². The summed E-state index contributed by atoms with van der Waals surface area (Å²) in [7, 11) is 0. The Labute approximate surface area is 171 Å². The van der Waals surface area contributed by atoms with Crippen LogP contribution >= 0.6 is 22.7 Å². The number of hydrogen-bond donors (Lipinski definition) is 0. The molecule has 1 amide bonds. The summed E-state index contributed by atoms with van der Waals surface area (Å²) in [6, 6.07) is 13.5. The highest BCUT2D eigenvalue weighted by Gasteiger charge is 2.19. The number of hydrogen-bond acceptors (Lipinski definition) is 6. The van der Waals surface area contributed by atoms with Crippen molar-refractivity contribution in [2.45, 2.75) is 0 Å². The van der Waals surface area contributed by atoms with Crippen molar-refractivity contribution in [3.8, 4) is 11.3 Å². The second-order valence-electron chi connectivity index (χ2n) is 5.63. The summed E-state index contributed by atoms with van der Waals surface area (Å²) in [4.78, 5) is 31.3. The highest BCUT2D eigenvalue weighted by Crippen LogP contribution is 2.27. The third-order valence-corrected chi connectivity index (χ3v) is 5.37. The molecule has 1 aromatic carbocycles. The molecule has 5 nitrogen and oxygen atoms in total. The Morgan fingerprint density at radius 2 is 1.96 bits per heavy atom. The zero-order valence-corrected chi connectivity index (χ0v) is 16.6. The van der Waals surface area contributed by atoms with Crippen molar-refractivity contribution in [3.05, 3.63) is 76.8 Å². The molecule has 28 heavy (non-hydrogen) atoms. The Morgan fingerprint density at radius 3 is 2.68 bits per heavy atom. The first-order valence-electron chi connectivity index (χ1n) is 8.48. The van der Waals surface area contributed by atoms with E-state index in [0.29, 0.717) is 5.13 Å². The third-order valence-electron chi connectivity index (χ3n) is 3.67. The number of benzene rings is 1. The van der Waals surface area contributed by atoms with Crippen LogP contribution in [0.4, 0.5) is 5.13 Å². The Balaban J connectivity index is 1.63. The third kappa shape index (κ3) is 5.25. The van der Waals surface area contributed by atoms with Crippen LogP contribution in [0.15, 0.2) is 72.0 Å². The zero-order valence-electron chi connectivity index (χ0n) is 15.0. The van der Waals surface area contributed by atoms with Crippen LogP contribution in [0.25, 0.3) is 17.3 Å². The molecule has 2 heterocycles. The number of thiophene rings is 1. The lowest BCUT2D eigenvalue weighted by atomic mass is 10.2. The van der Waals surface area contributed by atoms with Crippen molar-refractivity contribution in [1.29, 1.82) is 0 Å². The Bertz CT molecular complexity index is 963. The highest BCUT2D eigenvalue weighted by atomic mass is 32.1. The minimum atomic E-state index is -0.565. The fourth-order valence-corrected chi connectivity index (χ4v) is 3.82. The van der Waals surface area contributed by atoms with E-state index in [1.165, 1.54) is 33.6 Å². The van der Waals surface area contributed by atoms with Gasteiger partial charge in [-0.05, 0) is 17.5 Å². The largest absolute Gasteiger partial charge is 0.452 e. The fourth-order valence-electron chi connectivity index (χ4n) is 2.34. The molecule has 142 valence electrons. The highest BCUT2D eigenvalue weighted by molar-refractivity contribution is 7.14. The monoisotopic (exact) mass is 410 g/mol. The van der Waals surface area contributed by atoms with Crippen LogP contribution in [-0.2, 0) is 14.3 Å². The van der Waals surface area contributed by atoms with Gasteiger partial charge >= 0.3 is 5.97 Å². The van der Waals surface area contributed by atoms with E-state index in [2.05, 4.69) is 11.6 Å². The number of ether oxygens (including phenoxy) is 1. The number of carbonyl (C=O) groups excluding carboxylic acids is 2. The van der Waals surface area contributed by atoms with Crippen LogP contribution in [0.1, 0.15) is 4.88 Å². The van der Waals surface area contributed by atoms with Crippen molar-refractivity contribution in [3.63, 3.8) is 0 Å². The predicted molar refractivity (Wildman–Crippen MR) is 114 cm³/mol. The first kappa shape index (κ1) is 19.7. The molecule has 3 rings (SSSR count). The molecule has 0 aliphatic heterocycles. The number of aromatic nitrogens is 1. The topological polar surface area (TPSA) is 59.5 Å². The van der Waals surface area contributed by atoms with E-state index < -0.39 is 5.97 Å². The van der Waals surface area contributed by atoms with Crippen LogP contribution in [0.5, 0.6) is 0 Å². The van der Waals surface area contributed by atoms with Gasteiger partial charge in [-0.3, -0.25) is 9.69 Å². The molecule has 7 heteroatoms. The standard InChI is InChI=1S/C21H18N2O3S2/c1-2-12-23(21-22-18(15-28-21)16-7-4-3-5-8-16)19(24)14-26-20(25)11-10-17-9-6-13-27-17/h2-11,13,15H,1,12,14H2/b11-10+. The van der Waals surface area contributed by atoms with Gasteiger partial charge in [-0.2, -0.15) is 0 Å². The molecular formula is C21H18N2O3S2. The summed E-state index contributed by atoms with van der Waals surface area (Å²) in [5, 5.41) is 4.34. The summed E-state index contributed by atoms with van der Waals surface area (Å²) in [6.07, 6.45) is 4.58. The second kappa shape index (κ2) is 9.77. The molecule has 0 saturated heterocycles.